The molecule has 0 aliphatic carbocycles. The molecule has 0 aliphatic rings. The van der Waals surface area contributed by atoms with Gasteiger partial charge in [0, 0.05) is 27.6 Å². The van der Waals surface area contributed by atoms with Gasteiger partial charge in [-0.15, -0.1) is 0 Å². The van der Waals surface area contributed by atoms with Crippen LogP contribution >= 0.6 is 0 Å². The summed E-state index contributed by atoms with van der Waals surface area (Å²) in [6, 6.07) is 113. The predicted octanol–water partition coefficient (Wildman–Crippen LogP) is 22.5. The number of hydrogen-bond acceptors (Lipinski definition) is 2. The molecule has 14 rings (SSSR count). The fraction of sp³-hybridized carbons (Fsp3) is 0.0120. The number of benzene rings is 12. The van der Waals surface area contributed by atoms with E-state index >= 15 is 0 Å². The van der Waals surface area contributed by atoms with Crippen LogP contribution in [-0.2, 0) is 0 Å². The molecule has 2 heterocycles. The summed E-state index contributed by atoms with van der Waals surface area (Å²) in [6.07, 6.45) is 3.70. The highest BCUT2D eigenvalue weighted by Crippen LogP contribution is 2.47. The van der Waals surface area contributed by atoms with Gasteiger partial charge in [-0.1, -0.05) is 261 Å². The summed E-state index contributed by atoms with van der Waals surface area (Å²) >= 11 is 0. The summed E-state index contributed by atoms with van der Waals surface area (Å²) in [6.45, 7) is -2.33. The van der Waals surface area contributed by atoms with Crippen molar-refractivity contribution < 1.29 is 4.11 Å². The summed E-state index contributed by atoms with van der Waals surface area (Å²) in [4.78, 5) is 9.54. The minimum Gasteiger partial charge on any atom is -0.256 e. The average molecular weight is 1090 g/mol. The molecule has 0 saturated carbocycles. The highest BCUT2D eigenvalue weighted by atomic mass is 14.7. The van der Waals surface area contributed by atoms with Gasteiger partial charge in [0.15, 0.2) is 0 Å². The SMILES string of the molecule is [2H]C([2H])([2H])c1cc(-c2ccc(-c3ccccc3-c3cc(-c4ccccc4-c4ccc(-c5ccccn5)cc4-c4ccccc4)cc(-c4ccccc4-c4ccc(-c5ccccn5)cc4-c4ccccc4)c3)c(-c3ccccc3)c2)ccc1-c1ccccc1. The third-order valence-electron chi connectivity index (χ3n) is 16.2. The Kier molecular flexibility index (Phi) is 13.4. The molecule has 0 saturated heterocycles. The van der Waals surface area contributed by atoms with Crippen molar-refractivity contribution in [3.8, 4) is 145 Å². The van der Waals surface area contributed by atoms with Gasteiger partial charge in [0.25, 0.3) is 0 Å². The smallest absolute Gasteiger partial charge is 0.0702 e. The maximum atomic E-state index is 8.70. The van der Waals surface area contributed by atoms with E-state index in [0.717, 1.165) is 139 Å². The molecule has 2 heteroatoms. The van der Waals surface area contributed by atoms with Crippen molar-refractivity contribution in [2.45, 2.75) is 6.85 Å². The standard InChI is InChI=1S/C83H58N2/c1-57-50-62(40-44-69(57)58-24-6-2-7-25-58)63-41-45-76(79(54-63)59-26-8-3-9-27-59)73-35-17-14-32-70(73)66-51-67(71-33-15-18-36-74(71)77-46-42-64(82-38-20-22-48-84-82)55-80(77)60-28-10-4-11-29-60)53-68(52-66)72-34-16-19-37-75(72)78-47-43-65(83-39-21-23-49-85-83)56-81(78)61-30-12-5-13-31-61/h2-56H,1H3/i1D3. The second-order valence-electron chi connectivity index (χ2n) is 21.4. The molecular formula is C83H58N2. The van der Waals surface area contributed by atoms with Crippen LogP contribution in [-0.4, -0.2) is 9.97 Å². The number of nitrogens with zero attached hydrogens (tertiary/aromatic N) is 2. The first kappa shape index (κ1) is 48.6. The van der Waals surface area contributed by atoms with E-state index in [0.29, 0.717) is 11.1 Å². The van der Waals surface area contributed by atoms with Gasteiger partial charge in [0.05, 0.1) is 11.4 Å². The highest BCUT2D eigenvalue weighted by molar-refractivity contribution is 6.00. The summed E-state index contributed by atoms with van der Waals surface area (Å²) in [5.74, 6) is 0. The zero-order chi connectivity index (χ0) is 59.4. The first-order valence-electron chi connectivity index (χ1n) is 30.3. The highest BCUT2D eigenvalue weighted by Gasteiger charge is 2.21. The van der Waals surface area contributed by atoms with E-state index in [2.05, 4.69) is 243 Å². The van der Waals surface area contributed by atoms with Crippen molar-refractivity contribution in [1.82, 2.24) is 9.97 Å². The zero-order valence-corrected chi connectivity index (χ0v) is 46.6. The molecule has 0 N–H and O–H groups in total. The minimum atomic E-state index is -2.33. The number of pyridine rings is 2. The van der Waals surface area contributed by atoms with E-state index in [9.17, 15) is 0 Å². The Bertz CT molecular complexity index is 4610. The van der Waals surface area contributed by atoms with Gasteiger partial charge in [-0.3, -0.25) is 9.97 Å². The molecule has 85 heavy (non-hydrogen) atoms. The van der Waals surface area contributed by atoms with Crippen molar-refractivity contribution in [2.24, 2.45) is 0 Å². The Morgan fingerprint density at radius 3 is 0.824 bits per heavy atom. The molecule has 0 fully saturated rings. The molecule has 0 unspecified atom stereocenters. The van der Waals surface area contributed by atoms with Crippen molar-refractivity contribution in [3.63, 3.8) is 0 Å². The fourth-order valence-electron chi connectivity index (χ4n) is 12.1. The number of rotatable bonds is 13. The van der Waals surface area contributed by atoms with Crippen LogP contribution in [0.3, 0.4) is 0 Å². The summed E-state index contributed by atoms with van der Waals surface area (Å²) in [5, 5.41) is 0. The van der Waals surface area contributed by atoms with Gasteiger partial charge in [-0.2, -0.15) is 0 Å². The molecule has 14 aromatic rings. The summed E-state index contributed by atoms with van der Waals surface area (Å²) in [5.41, 5.74) is 27.1. The van der Waals surface area contributed by atoms with E-state index < -0.39 is 6.85 Å². The van der Waals surface area contributed by atoms with E-state index in [1.807, 2.05) is 91.3 Å². The van der Waals surface area contributed by atoms with Gasteiger partial charge in [-0.25, -0.2) is 0 Å². The zero-order valence-electron chi connectivity index (χ0n) is 49.6. The van der Waals surface area contributed by atoms with Gasteiger partial charge in [0.1, 0.15) is 0 Å². The summed E-state index contributed by atoms with van der Waals surface area (Å²) < 4.78 is 26.1. The maximum absolute atomic E-state index is 8.70. The lowest BCUT2D eigenvalue weighted by Gasteiger charge is -2.21. The largest absolute Gasteiger partial charge is 0.256 e. The molecule has 0 amide bonds. The van der Waals surface area contributed by atoms with Gasteiger partial charge in [-0.05, 0) is 195 Å². The van der Waals surface area contributed by atoms with Crippen LogP contribution in [0.15, 0.2) is 334 Å². The average Bonchev–Trinajstić information content (AvgIpc) is 2.45. The van der Waals surface area contributed by atoms with Gasteiger partial charge in [0.2, 0.25) is 0 Å². The third kappa shape index (κ3) is 10.6. The Balaban J connectivity index is 0.984. The molecular weight excluding hydrogens is 1020 g/mol. The van der Waals surface area contributed by atoms with Crippen LogP contribution in [0.4, 0.5) is 0 Å². The monoisotopic (exact) mass is 1090 g/mol. The molecule has 0 aliphatic heterocycles. The first-order valence-corrected chi connectivity index (χ1v) is 28.8. The lowest BCUT2D eigenvalue weighted by molar-refractivity contribution is 1.33. The van der Waals surface area contributed by atoms with E-state index in [1.165, 1.54) is 0 Å². The number of hydrogen-bond donors (Lipinski definition) is 0. The third-order valence-corrected chi connectivity index (χ3v) is 16.2. The Morgan fingerprint density at radius 2 is 0.471 bits per heavy atom. The Labute approximate surface area is 502 Å². The van der Waals surface area contributed by atoms with Gasteiger partial charge >= 0.3 is 0 Å². The molecule has 12 aromatic carbocycles. The van der Waals surface area contributed by atoms with Crippen molar-refractivity contribution in [3.05, 3.63) is 339 Å². The first-order chi connectivity index (χ1) is 43.3. The van der Waals surface area contributed by atoms with Crippen LogP contribution < -0.4 is 0 Å². The molecule has 0 spiro atoms. The minimum absolute atomic E-state index is 0.321. The maximum Gasteiger partial charge on any atom is 0.0702 e. The van der Waals surface area contributed by atoms with Crippen molar-refractivity contribution in [1.29, 1.82) is 0 Å². The lowest BCUT2D eigenvalue weighted by Crippen LogP contribution is -1.95. The van der Waals surface area contributed by atoms with Crippen LogP contribution in [0.25, 0.3) is 145 Å². The number of aromatic nitrogens is 2. The molecule has 0 bridgehead atoms. The Hall–Kier alpha value is -11.1. The summed E-state index contributed by atoms with van der Waals surface area (Å²) in [7, 11) is 0. The van der Waals surface area contributed by atoms with Crippen molar-refractivity contribution in [2.75, 3.05) is 0 Å². The molecule has 2 aromatic heterocycles. The normalized spacial score (nSPS) is 11.8. The molecule has 400 valence electrons. The number of aryl methyl sites for hydroxylation is 1. The molecule has 0 atom stereocenters. The quantitative estimate of drug-likeness (QED) is 0.115. The van der Waals surface area contributed by atoms with E-state index in [-0.39, 0.29) is 0 Å². The second kappa shape index (κ2) is 23.4. The van der Waals surface area contributed by atoms with Gasteiger partial charge < -0.3 is 0 Å². The molecule has 0 radical (unpaired) electrons. The fourth-order valence-corrected chi connectivity index (χ4v) is 12.1. The van der Waals surface area contributed by atoms with Crippen LogP contribution in [0.5, 0.6) is 0 Å². The lowest BCUT2D eigenvalue weighted by atomic mass is 9.83. The van der Waals surface area contributed by atoms with Crippen LogP contribution in [0, 0.1) is 6.85 Å². The predicted molar refractivity (Wildman–Crippen MR) is 357 cm³/mol. The second-order valence-corrected chi connectivity index (χ2v) is 21.4. The molecule has 2 nitrogen and oxygen atoms in total. The van der Waals surface area contributed by atoms with Crippen molar-refractivity contribution >= 4 is 0 Å². The van der Waals surface area contributed by atoms with Crippen LogP contribution in [0.2, 0.25) is 0 Å². The topological polar surface area (TPSA) is 25.8 Å². The van der Waals surface area contributed by atoms with Crippen LogP contribution in [0.1, 0.15) is 9.68 Å². The van der Waals surface area contributed by atoms with E-state index in [4.69, 9.17) is 14.1 Å². The van der Waals surface area contributed by atoms with E-state index in [1.54, 1.807) is 0 Å². The Morgan fingerprint density at radius 1 is 0.188 bits per heavy atom.